The minimum Gasteiger partial charge on any atom is -0.316 e. The third-order valence-electron chi connectivity index (χ3n) is 2.27. The fourth-order valence-electron chi connectivity index (χ4n) is 1.25. The van der Waals surface area contributed by atoms with Gasteiger partial charge in [-0.15, -0.1) is 11.3 Å². The monoisotopic (exact) mass is 277 g/mol. The maximum atomic E-state index is 11.6. The quantitative estimate of drug-likeness (QED) is 0.692. The Balaban J connectivity index is 2.32. The number of nitrogens with one attached hydrogen (secondary N) is 2. The molecule has 0 fully saturated rings. The molecule has 98 valence electrons. The molecule has 7 heteroatoms. The van der Waals surface area contributed by atoms with Crippen LogP contribution >= 0.6 is 11.3 Å². The van der Waals surface area contributed by atoms with Crippen LogP contribution in [0.5, 0.6) is 0 Å². The fraction of sp³-hybridized carbons (Fsp3) is 0.700. The molecular formula is C10H19N3O2S2. The molecule has 1 heterocycles. The molecule has 0 atom stereocenters. The van der Waals surface area contributed by atoms with Crippen LogP contribution in [-0.2, 0) is 16.6 Å². The topological polar surface area (TPSA) is 71.1 Å². The van der Waals surface area contributed by atoms with Gasteiger partial charge in [0.05, 0.1) is 17.0 Å². The van der Waals surface area contributed by atoms with Gasteiger partial charge in [-0.1, -0.05) is 6.92 Å². The van der Waals surface area contributed by atoms with Gasteiger partial charge in [0.25, 0.3) is 0 Å². The number of nitrogens with zero attached hydrogens (tertiary/aromatic N) is 1. The number of aryl methyl sites for hydroxylation is 1. The smallest absolute Gasteiger partial charge is 0.213 e. The molecule has 0 unspecified atom stereocenters. The third kappa shape index (κ3) is 5.58. The molecule has 0 aromatic carbocycles. The molecule has 5 nitrogen and oxygen atoms in total. The van der Waals surface area contributed by atoms with Crippen molar-refractivity contribution in [3.8, 4) is 0 Å². The normalized spacial score (nSPS) is 11.9. The number of hydrogen-bond donors (Lipinski definition) is 2. The van der Waals surface area contributed by atoms with E-state index in [-0.39, 0.29) is 5.75 Å². The summed E-state index contributed by atoms with van der Waals surface area (Å²) in [4.78, 5) is 5.04. The highest BCUT2D eigenvalue weighted by Gasteiger charge is 2.10. The zero-order valence-corrected chi connectivity index (χ0v) is 11.8. The predicted molar refractivity (Wildman–Crippen MR) is 70.6 cm³/mol. The van der Waals surface area contributed by atoms with Gasteiger partial charge in [-0.2, -0.15) is 0 Å². The lowest BCUT2D eigenvalue weighted by Gasteiger charge is -2.06. The highest BCUT2D eigenvalue weighted by atomic mass is 32.2. The Morgan fingerprint density at radius 3 is 2.76 bits per heavy atom. The highest BCUT2D eigenvalue weighted by Crippen LogP contribution is 2.11. The lowest BCUT2D eigenvalue weighted by atomic mass is 10.4. The van der Waals surface area contributed by atoms with Crippen LogP contribution in [0.1, 0.15) is 23.9 Å². The molecule has 1 aromatic heterocycles. The summed E-state index contributed by atoms with van der Waals surface area (Å²) in [6.45, 7) is 5.61. The number of sulfonamides is 1. The lowest BCUT2D eigenvalue weighted by Crippen LogP contribution is -2.31. The van der Waals surface area contributed by atoms with Crippen molar-refractivity contribution in [1.82, 2.24) is 15.0 Å². The molecule has 0 saturated heterocycles. The molecule has 0 aliphatic rings. The largest absolute Gasteiger partial charge is 0.316 e. The standard InChI is InChI=1S/C10H19N3O2S2/c1-3-4-11-5-6-17(14,15)13-7-10-9(2)12-8-16-10/h8,11,13H,3-7H2,1-2H3. The van der Waals surface area contributed by atoms with E-state index < -0.39 is 10.0 Å². The Bertz CT molecular complexity index is 429. The minimum absolute atomic E-state index is 0.116. The summed E-state index contributed by atoms with van der Waals surface area (Å²) in [6, 6.07) is 0. The van der Waals surface area contributed by atoms with Gasteiger partial charge in [0, 0.05) is 18.0 Å². The average molecular weight is 277 g/mol. The van der Waals surface area contributed by atoms with Gasteiger partial charge in [-0.05, 0) is 19.9 Å². The van der Waals surface area contributed by atoms with Gasteiger partial charge in [-0.3, -0.25) is 0 Å². The number of hydrogen-bond acceptors (Lipinski definition) is 5. The number of thiazole rings is 1. The zero-order chi connectivity index (χ0) is 12.7. The fourth-order valence-corrected chi connectivity index (χ4v) is 2.98. The Kier molecular flexibility index (Phi) is 6.04. The van der Waals surface area contributed by atoms with E-state index >= 15 is 0 Å². The summed E-state index contributed by atoms with van der Waals surface area (Å²) in [7, 11) is -3.19. The number of rotatable bonds is 8. The van der Waals surface area contributed by atoms with Crippen LogP contribution in [0, 0.1) is 6.92 Å². The second-order valence-corrected chi connectivity index (χ2v) is 6.62. The summed E-state index contributed by atoms with van der Waals surface area (Å²) >= 11 is 1.47. The Hall–Kier alpha value is -0.500. The summed E-state index contributed by atoms with van der Waals surface area (Å²) in [6.07, 6.45) is 1.01. The second kappa shape index (κ2) is 7.05. The van der Waals surface area contributed by atoms with Gasteiger partial charge in [0.15, 0.2) is 0 Å². The van der Waals surface area contributed by atoms with Crippen LogP contribution in [0.15, 0.2) is 5.51 Å². The molecule has 0 aliphatic heterocycles. The van der Waals surface area contributed by atoms with E-state index in [1.54, 1.807) is 5.51 Å². The molecular weight excluding hydrogens is 258 g/mol. The molecule has 2 N–H and O–H groups in total. The molecule has 17 heavy (non-hydrogen) atoms. The van der Waals surface area contributed by atoms with Crippen molar-refractivity contribution >= 4 is 21.4 Å². The first-order valence-corrected chi connectivity index (χ1v) is 8.15. The van der Waals surface area contributed by atoms with Crippen LogP contribution in [-0.4, -0.2) is 32.2 Å². The van der Waals surface area contributed by atoms with Gasteiger partial charge in [0.1, 0.15) is 0 Å². The lowest BCUT2D eigenvalue weighted by molar-refractivity contribution is 0.576. The van der Waals surface area contributed by atoms with Gasteiger partial charge in [-0.25, -0.2) is 18.1 Å². The summed E-state index contributed by atoms with van der Waals surface area (Å²) in [5.74, 6) is 0.116. The van der Waals surface area contributed by atoms with Gasteiger partial charge in [0.2, 0.25) is 10.0 Å². The van der Waals surface area contributed by atoms with E-state index in [2.05, 4.69) is 15.0 Å². The van der Waals surface area contributed by atoms with Gasteiger partial charge >= 0.3 is 0 Å². The Morgan fingerprint density at radius 1 is 1.41 bits per heavy atom. The van der Waals surface area contributed by atoms with Crippen molar-refractivity contribution in [1.29, 1.82) is 0 Å². The minimum atomic E-state index is -3.19. The van der Waals surface area contributed by atoms with E-state index in [9.17, 15) is 8.42 Å². The predicted octanol–water partition coefficient (Wildman–Crippen LogP) is 0.871. The Morgan fingerprint density at radius 2 is 2.18 bits per heavy atom. The van der Waals surface area contributed by atoms with Crippen molar-refractivity contribution in [2.45, 2.75) is 26.8 Å². The summed E-state index contributed by atoms with van der Waals surface area (Å²) in [5.41, 5.74) is 2.61. The van der Waals surface area contributed by atoms with E-state index in [1.165, 1.54) is 11.3 Å². The second-order valence-electron chi connectivity index (χ2n) is 3.75. The molecule has 1 aromatic rings. The van der Waals surface area contributed by atoms with Crippen molar-refractivity contribution in [2.24, 2.45) is 0 Å². The maximum Gasteiger partial charge on any atom is 0.213 e. The maximum absolute atomic E-state index is 11.6. The first-order chi connectivity index (χ1) is 8.05. The van der Waals surface area contributed by atoms with Crippen molar-refractivity contribution < 1.29 is 8.42 Å². The third-order valence-corrected chi connectivity index (χ3v) is 4.53. The Labute approximate surface area is 107 Å². The van der Waals surface area contributed by atoms with E-state index in [0.29, 0.717) is 13.1 Å². The molecule has 0 saturated carbocycles. The first-order valence-electron chi connectivity index (χ1n) is 5.62. The van der Waals surface area contributed by atoms with Gasteiger partial charge < -0.3 is 5.32 Å². The summed E-state index contributed by atoms with van der Waals surface area (Å²) < 4.78 is 25.8. The van der Waals surface area contributed by atoms with Crippen molar-refractivity contribution in [3.63, 3.8) is 0 Å². The van der Waals surface area contributed by atoms with Crippen molar-refractivity contribution in [3.05, 3.63) is 16.1 Å². The first kappa shape index (κ1) is 14.6. The molecule has 0 radical (unpaired) electrons. The van der Waals surface area contributed by atoms with Crippen LogP contribution < -0.4 is 10.0 Å². The van der Waals surface area contributed by atoms with E-state index in [1.807, 2.05) is 13.8 Å². The SMILES string of the molecule is CCCNCCS(=O)(=O)NCc1scnc1C. The van der Waals surface area contributed by atoms with Crippen molar-refractivity contribution in [2.75, 3.05) is 18.8 Å². The molecule has 0 spiro atoms. The van der Waals surface area contributed by atoms with Crippen LogP contribution in [0.3, 0.4) is 0 Å². The highest BCUT2D eigenvalue weighted by molar-refractivity contribution is 7.89. The van der Waals surface area contributed by atoms with Crippen LogP contribution in [0.2, 0.25) is 0 Å². The zero-order valence-electron chi connectivity index (χ0n) is 10.2. The van der Waals surface area contributed by atoms with E-state index in [4.69, 9.17) is 0 Å². The molecule has 0 bridgehead atoms. The average Bonchev–Trinajstić information content (AvgIpc) is 2.68. The molecule has 1 rings (SSSR count). The molecule has 0 aliphatic carbocycles. The van der Waals surface area contributed by atoms with E-state index in [0.717, 1.165) is 23.5 Å². The summed E-state index contributed by atoms with van der Waals surface area (Å²) in [5, 5.41) is 3.07. The molecule has 0 amide bonds. The van der Waals surface area contributed by atoms with Crippen LogP contribution in [0.4, 0.5) is 0 Å². The van der Waals surface area contributed by atoms with Crippen LogP contribution in [0.25, 0.3) is 0 Å². The number of aromatic nitrogens is 1.